The van der Waals surface area contributed by atoms with Crippen LogP contribution in [0.4, 0.5) is 10.2 Å². The Morgan fingerprint density at radius 2 is 1.71 bits per heavy atom. The van der Waals surface area contributed by atoms with E-state index in [9.17, 15) is 18.8 Å². The lowest BCUT2D eigenvalue weighted by Gasteiger charge is -2.35. The van der Waals surface area contributed by atoms with Gasteiger partial charge in [0, 0.05) is 44.8 Å². The van der Waals surface area contributed by atoms with E-state index in [-0.39, 0.29) is 11.3 Å². The zero-order valence-corrected chi connectivity index (χ0v) is 18.8. The first kappa shape index (κ1) is 22.2. The fraction of sp³-hybridized carbons (Fsp3) is 0.217. The Morgan fingerprint density at radius 3 is 2.37 bits per heavy atom. The highest BCUT2D eigenvalue weighted by atomic mass is 19.1. The van der Waals surface area contributed by atoms with Crippen LogP contribution in [0.25, 0.3) is 11.5 Å². The number of H-pyrrole nitrogens is 1. The first-order valence-corrected chi connectivity index (χ1v) is 10.9. The summed E-state index contributed by atoms with van der Waals surface area (Å²) < 4.78 is 16.7. The lowest BCUT2D eigenvalue weighted by Crippen LogP contribution is -2.50. The number of aromatic amines is 1. The fourth-order valence-corrected chi connectivity index (χ4v) is 4.02. The van der Waals surface area contributed by atoms with E-state index in [4.69, 9.17) is 0 Å². The molecule has 1 aliphatic heterocycles. The smallest absolute Gasteiger partial charge is 0.333 e. The van der Waals surface area contributed by atoms with E-state index < -0.39 is 23.0 Å². The molecular weight excluding hydrogens is 455 g/mol. The van der Waals surface area contributed by atoms with Crippen molar-refractivity contribution in [1.82, 2.24) is 34.2 Å². The number of anilines is 1. The molecule has 1 N–H and O–H groups in total. The van der Waals surface area contributed by atoms with Crippen LogP contribution in [0.3, 0.4) is 0 Å². The number of amides is 1. The topological polar surface area (TPSA) is 122 Å². The minimum atomic E-state index is -0.873. The molecule has 0 saturated carbocycles. The minimum absolute atomic E-state index is 0.217. The number of rotatable bonds is 4. The molecule has 5 rings (SSSR count). The SMILES string of the molecule is Cc1nccn1-c1ccc(N2CCN(C(=O)c3c[nH]c(=O)n(-c4ccccc4F)c3=O)CC2)nn1. The second-order valence-electron chi connectivity index (χ2n) is 7.97. The maximum atomic E-state index is 14.2. The highest BCUT2D eigenvalue weighted by Crippen LogP contribution is 2.16. The number of carbonyl (C=O) groups excluding carboxylic acids is 1. The van der Waals surface area contributed by atoms with Crippen LogP contribution in [0.2, 0.25) is 0 Å². The maximum Gasteiger partial charge on any atom is 0.333 e. The van der Waals surface area contributed by atoms with Gasteiger partial charge in [-0.3, -0.25) is 14.2 Å². The van der Waals surface area contributed by atoms with E-state index in [1.807, 2.05) is 28.5 Å². The van der Waals surface area contributed by atoms with E-state index in [1.54, 1.807) is 12.4 Å². The number of benzene rings is 1. The number of hydrogen-bond donors (Lipinski definition) is 1. The van der Waals surface area contributed by atoms with Gasteiger partial charge in [-0.15, -0.1) is 10.2 Å². The van der Waals surface area contributed by atoms with Crippen molar-refractivity contribution in [2.45, 2.75) is 6.92 Å². The van der Waals surface area contributed by atoms with Gasteiger partial charge in [0.05, 0.1) is 5.69 Å². The molecule has 1 aliphatic rings. The Labute approximate surface area is 198 Å². The monoisotopic (exact) mass is 476 g/mol. The van der Waals surface area contributed by atoms with E-state index in [1.165, 1.54) is 23.1 Å². The van der Waals surface area contributed by atoms with Crippen LogP contribution in [0.15, 0.2) is 64.6 Å². The van der Waals surface area contributed by atoms with Gasteiger partial charge in [-0.1, -0.05) is 12.1 Å². The molecule has 1 aromatic carbocycles. The predicted molar refractivity (Wildman–Crippen MR) is 125 cm³/mol. The Balaban J connectivity index is 1.31. The summed E-state index contributed by atoms with van der Waals surface area (Å²) in [6.45, 7) is 3.51. The number of piperazine rings is 1. The van der Waals surface area contributed by atoms with E-state index in [0.717, 1.165) is 18.1 Å². The number of para-hydroxylation sites is 1. The molecule has 0 aliphatic carbocycles. The largest absolute Gasteiger partial charge is 0.352 e. The van der Waals surface area contributed by atoms with Gasteiger partial charge in [-0.2, -0.15) is 0 Å². The van der Waals surface area contributed by atoms with Crippen LogP contribution >= 0.6 is 0 Å². The number of aromatic nitrogens is 6. The summed E-state index contributed by atoms with van der Waals surface area (Å²) in [6, 6.07) is 9.10. The van der Waals surface area contributed by atoms with Crippen molar-refractivity contribution in [3.8, 4) is 11.5 Å². The zero-order chi connectivity index (χ0) is 24.5. The second-order valence-corrected chi connectivity index (χ2v) is 7.97. The zero-order valence-electron chi connectivity index (χ0n) is 18.8. The molecule has 11 nitrogen and oxygen atoms in total. The molecule has 1 amide bonds. The molecule has 1 fully saturated rings. The quantitative estimate of drug-likeness (QED) is 0.465. The minimum Gasteiger partial charge on any atom is -0.352 e. The van der Waals surface area contributed by atoms with Gasteiger partial charge in [0.1, 0.15) is 17.2 Å². The Morgan fingerprint density at radius 1 is 1.00 bits per heavy atom. The molecule has 0 unspecified atom stereocenters. The summed E-state index contributed by atoms with van der Waals surface area (Å²) >= 11 is 0. The molecule has 35 heavy (non-hydrogen) atoms. The summed E-state index contributed by atoms with van der Waals surface area (Å²) in [6.07, 6.45) is 4.58. The van der Waals surface area contributed by atoms with E-state index in [2.05, 4.69) is 20.2 Å². The van der Waals surface area contributed by atoms with Crippen LogP contribution in [-0.4, -0.2) is 66.3 Å². The van der Waals surface area contributed by atoms with Gasteiger partial charge in [0.15, 0.2) is 11.6 Å². The van der Waals surface area contributed by atoms with Gasteiger partial charge >= 0.3 is 5.69 Å². The molecule has 0 radical (unpaired) electrons. The Bertz CT molecular complexity index is 1500. The first-order chi connectivity index (χ1) is 16.9. The van der Waals surface area contributed by atoms with Crippen molar-refractivity contribution >= 4 is 11.7 Å². The number of nitrogens with one attached hydrogen (secondary N) is 1. The van der Waals surface area contributed by atoms with Crippen molar-refractivity contribution in [3.05, 3.63) is 93.0 Å². The highest BCUT2D eigenvalue weighted by Gasteiger charge is 2.26. The summed E-state index contributed by atoms with van der Waals surface area (Å²) in [4.78, 5) is 48.4. The lowest BCUT2D eigenvalue weighted by atomic mass is 10.2. The van der Waals surface area contributed by atoms with Crippen LogP contribution in [0, 0.1) is 12.7 Å². The maximum absolute atomic E-state index is 14.2. The first-order valence-electron chi connectivity index (χ1n) is 10.9. The van der Waals surface area contributed by atoms with Crippen molar-refractivity contribution in [3.63, 3.8) is 0 Å². The third-order valence-electron chi connectivity index (χ3n) is 5.90. The third kappa shape index (κ3) is 4.09. The average molecular weight is 476 g/mol. The molecule has 4 heterocycles. The van der Waals surface area contributed by atoms with Gasteiger partial charge in [-0.05, 0) is 31.2 Å². The Hall–Kier alpha value is -4.61. The van der Waals surface area contributed by atoms with E-state index >= 15 is 0 Å². The third-order valence-corrected chi connectivity index (χ3v) is 5.90. The number of nitrogens with zero attached hydrogens (tertiary/aromatic N) is 7. The summed E-state index contributed by atoms with van der Waals surface area (Å²) in [5, 5.41) is 8.57. The van der Waals surface area contributed by atoms with Gasteiger partial charge in [-0.25, -0.2) is 18.7 Å². The van der Waals surface area contributed by atoms with Gasteiger partial charge in [0.2, 0.25) is 0 Å². The number of hydrogen-bond acceptors (Lipinski definition) is 7. The van der Waals surface area contributed by atoms with Crippen LogP contribution in [0.5, 0.6) is 0 Å². The van der Waals surface area contributed by atoms with Gasteiger partial charge < -0.3 is 14.8 Å². The van der Waals surface area contributed by atoms with Gasteiger partial charge in [0.25, 0.3) is 11.5 Å². The normalized spacial score (nSPS) is 13.8. The second kappa shape index (κ2) is 8.97. The molecule has 178 valence electrons. The van der Waals surface area contributed by atoms with E-state index in [0.29, 0.717) is 42.4 Å². The van der Waals surface area contributed by atoms with Crippen molar-refractivity contribution < 1.29 is 9.18 Å². The number of imidazole rings is 1. The molecule has 1 saturated heterocycles. The number of aryl methyl sites for hydroxylation is 1. The summed E-state index contributed by atoms with van der Waals surface area (Å²) in [7, 11) is 0. The van der Waals surface area contributed by atoms with Crippen LogP contribution in [-0.2, 0) is 0 Å². The molecule has 0 bridgehead atoms. The fourth-order valence-electron chi connectivity index (χ4n) is 4.02. The Kier molecular flexibility index (Phi) is 5.69. The predicted octanol–water partition coefficient (Wildman–Crippen LogP) is 0.911. The molecule has 0 spiro atoms. The average Bonchev–Trinajstić information content (AvgIpc) is 3.31. The van der Waals surface area contributed by atoms with Crippen molar-refractivity contribution in [2.75, 3.05) is 31.1 Å². The molecular formula is C23H21FN8O3. The summed E-state index contributed by atoms with van der Waals surface area (Å²) in [5.74, 6) is 0.850. The van der Waals surface area contributed by atoms with Crippen molar-refractivity contribution in [1.29, 1.82) is 0 Å². The summed E-state index contributed by atoms with van der Waals surface area (Å²) in [5.41, 5.74) is -2.15. The van der Waals surface area contributed by atoms with Crippen LogP contribution < -0.4 is 16.1 Å². The molecule has 3 aromatic heterocycles. The highest BCUT2D eigenvalue weighted by molar-refractivity contribution is 5.93. The standard InChI is InChI=1S/C23H21FN8O3/c1-15-25-8-9-31(15)20-7-6-19(27-28-20)29-10-12-30(13-11-29)21(33)16-14-26-23(35)32(22(16)34)18-5-3-2-4-17(18)24/h2-9,14H,10-13H2,1H3,(H,26,35). The molecule has 0 atom stereocenters. The van der Waals surface area contributed by atoms with Crippen LogP contribution in [0.1, 0.15) is 16.2 Å². The lowest BCUT2D eigenvalue weighted by molar-refractivity contribution is 0.0743. The number of halogens is 1. The van der Waals surface area contributed by atoms with Crippen molar-refractivity contribution in [2.24, 2.45) is 0 Å². The number of carbonyl (C=O) groups is 1. The molecule has 4 aromatic rings. The molecule has 12 heteroatoms.